The quantitative estimate of drug-likeness (QED) is 0.476. The van der Waals surface area contributed by atoms with Crippen molar-refractivity contribution in [1.82, 2.24) is 0 Å². The van der Waals surface area contributed by atoms with Crippen LogP contribution in [0.15, 0.2) is 30.3 Å². The molecule has 0 bridgehead atoms. The highest BCUT2D eigenvalue weighted by atomic mass is 35.5. The molecule has 0 heterocycles. The van der Waals surface area contributed by atoms with Crippen LogP contribution in [0.1, 0.15) is 26.3 Å². The van der Waals surface area contributed by atoms with Crippen molar-refractivity contribution in [3.63, 3.8) is 0 Å². The Morgan fingerprint density at radius 2 is 1.50 bits per heavy atom. The topological polar surface area (TPSA) is 43.4 Å². The third-order valence-corrected chi connectivity index (χ3v) is 2.94. The van der Waals surface area contributed by atoms with E-state index in [1.54, 1.807) is 51.1 Å². The predicted octanol–water partition coefficient (Wildman–Crippen LogP) is 3.43. The lowest BCUT2D eigenvalue weighted by Gasteiger charge is -2.21. The molecule has 1 rings (SSSR count). The van der Waals surface area contributed by atoms with Crippen molar-refractivity contribution < 1.29 is 14.3 Å². The molecule has 0 fully saturated rings. The summed E-state index contributed by atoms with van der Waals surface area (Å²) in [6, 6.07) is 8.31. The molecule has 1 aromatic carbocycles. The number of ether oxygens (including phenoxy) is 1. The molecule has 0 saturated carbocycles. The lowest BCUT2D eigenvalue weighted by Crippen LogP contribution is -2.33. The zero-order valence-electron chi connectivity index (χ0n) is 10.4. The van der Waals surface area contributed by atoms with Crippen LogP contribution in [-0.4, -0.2) is 11.9 Å². The van der Waals surface area contributed by atoms with Crippen LogP contribution in [0.2, 0.25) is 0 Å². The summed E-state index contributed by atoms with van der Waals surface area (Å²) in [5, 5.41) is 0. The van der Waals surface area contributed by atoms with E-state index < -0.39 is 21.7 Å². The van der Waals surface area contributed by atoms with Gasteiger partial charge in [0.1, 0.15) is 0 Å². The smallest absolute Gasteiger partial charge is 0.355 e. The van der Waals surface area contributed by atoms with Crippen LogP contribution in [0, 0.1) is 5.41 Å². The molecule has 0 aliphatic carbocycles. The van der Waals surface area contributed by atoms with E-state index in [0.717, 1.165) is 0 Å². The van der Waals surface area contributed by atoms with E-state index in [2.05, 4.69) is 0 Å². The summed E-state index contributed by atoms with van der Waals surface area (Å²) in [7, 11) is 0. The second-order valence-corrected chi connectivity index (χ2v) is 6.19. The highest BCUT2D eigenvalue weighted by molar-refractivity contribution is 6.57. The van der Waals surface area contributed by atoms with Crippen molar-refractivity contribution in [2.45, 2.75) is 25.1 Å². The van der Waals surface area contributed by atoms with Gasteiger partial charge in [-0.15, -0.1) is 0 Å². The lowest BCUT2D eigenvalue weighted by atomic mass is 9.97. The van der Waals surface area contributed by atoms with Gasteiger partial charge in [0.05, 0.1) is 5.41 Å². The zero-order chi connectivity index (χ0) is 14.0. The summed E-state index contributed by atoms with van der Waals surface area (Å²) in [6.45, 7) is 4.90. The fourth-order valence-corrected chi connectivity index (χ4v) is 1.40. The van der Waals surface area contributed by atoms with Gasteiger partial charge in [0, 0.05) is 0 Å². The largest absolute Gasteiger partial charge is 0.390 e. The molecule has 0 amide bonds. The summed E-state index contributed by atoms with van der Waals surface area (Å²) in [5.41, 5.74) is -0.434. The molecule has 0 N–H and O–H groups in total. The maximum Gasteiger partial charge on any atom is 0.355 e. The SMILES string of the molecule is CC(C)(C)C(=O)OC(=O)C(Cl)(Cl)c1ccccc1. The Bertz CT molecular complexity index is 447. The van der Waals surface area contributed by atoms with Crippen LogP contribution < -0.4 is 0 Å². The molecule has 0 radical (unpaired) electrons. The molecule has 0 aliphatic heterocycles. The standard InChI is InChI=1S/C13H14Cl2O3/c1-12(2,3)10(16)18-11(17)13(14,15)9-7-5-4-6-8-9/h4-8H,1-3H3. The van der Waals surface area contributed by atoms with E-state index in [1.165, 1.54) is 0 Å². The molecule has 0 atom stereocenters. The van der Waals surface area contributed by atoms with E-state index >= 15 is 0 Å². The highest BCUT2D eigenvalue weighted by Crippen LogP contribution is 2.35. The fraction of sp³-hybridized carbons (Fsp3) is 0.385. The Balaban J connectivity index is 2.88. The minimum Gasteiger partial charge on any atom is -0.390 e. The van der Waals surface area contributed by atoms with E-state index in [9.17, 15) is 9.59 Å². The number of benzene rings is 1. The van der Waals surface area contributed by atoms with Gasteiger partial charge in [0.25, 0.3) is 0 Å². The number of rotatable bonds is 2. The number of halogens is 2. The number of alkyl halides is 2. The first kappa shape index (κ1) is 15.0. The summed E-state index contributed by atoms with van der Waals surface area (Å²) >= 11 is 11.9. The number of carbonyl (C=O) groups excluding carboxylic acids is 2. The molecule has 0 aliphatic rings. The molecule has 0 unspecified atom stereocenters. The number of esters is 2. The third-order valence-electron chi connectivity index (χ3n) is 2.19. The van der Waals surface area contributed by atoms with Gasteiger partial charge < -0.3 is 4.74 Å². The number of carbonyl (C=O) groups is 2. The lowest BCUT2D eigenvalue weighted by molar-refractivity contribution is -0.166. The van der Waals surface area contributed by atoms with Gasteiger partial charge in [0.15, 0.2) is 0 Å². The fourth-order valence-electron chi connectivity index (χ4n) is 1.07. The average molecular weight is 289 g/mol. The van der Waals surface area contributed by atoms with E-state index in [1.807, 2.05) is 0 Å². The van der Waals surface area contributed by atoms with Gasteiger partial charge in [0.2, 0.25) is 4.33 Å². The van der Waals surface area contributed by atoms with Gasteiger partial charge in [-0.25, -0.2) is 4.79 Å². The molecule has 3 nitrogen and oxygen atoms in total. The summed E-state index contributed by atoms with van der Waals surface area (Å²) < 4.78 is 2.81. The molecular weight excluding hydrogens is 275 g/mol. The van der Waals surface area contributed by atoms with Crippen LogP contribution in [-0.2, 0) is 18.7 Å². The van der Waals surface area contributed by atoms with Crippen LogP contribution in [0.4, 0.5) is 0 Å². The molecule has 0 spiro atoms. The Morgan fingerprint density at radius 3 is 1.94 bits per heavy atom. The van der Waals surface area contributed by atoms with E-state index in [0.29, 0.717) is 5.56 Å². The van der Waals surface area contributed by atoms with Crippen molar-refractivity contribution in [2.24, 2.45) is 5.41 Å². The van der Waals surface area contributed by atoms with Gasteiger partial charge in [-0.2, -0.15) is 0 Å². The van der Waals surface area contributed by atoms with Gasteiger partial charge >= 0.3 is 11.9 Å². The van der Waals surface area contributed by atoms with E-state index in [4.69, 9.17) is 27.9 Å². The second kappa shape index (κ2) is 5.29. The Morgan fingerprint density at radius 1 is 1.00 bits per heavy atom. The van der Waals surface area contributed by atoms with Gasteiger partial charge in [-0.05, 0) is 26.3 Å². The first-order valence-electron chi connectivity index (χ1n) is 5.36. The average Bonchev–Trinajstić information content (AvgIpc) is 2.28. The summed E-state index contributed by atoms with van der Waals surface area (Å²) in [4.78, 5) is 23.4. The van der Waals surface area contributed by atoms with Crippen LogP contribution in [0.25, 0.3) is 0 Å². The first-order valence-corrected chi connectivity index (χ1v) is 6.11. The molecular formula is C13H14Cl2O3. The summed E-state index contributed by atoms with van der Waals surface area (Å²) in [5.74, 6) is -1.66. The molecule has 5 heteroatoms. The van der Waals surface area contributed by atoms with E-state index in [-0.39, 0.29) is 0 Å². The van der Waals surface area contributed by atoms with Crippen LogP contribution in [0.5, 0.6) is 0 Å². The Hall–Kier alpha value is -1.06. The normalized spacial score (nSPS) is 12.1. The Labute approximate surface area is 116 Å². The molecule has 98 valence electrons. The first-order chi connectivity index (χ1) is 8.15. The zero-order valence-corrected chi connectivity index (χ0v) is 11.9. The molecule has 1 aromatic rings. The molecule has 0 aromatic heterocycles. The monoisotopic (exact) mass is 288 g/mol. The van der Waals surface area contributed by atoms with Crippen molar-refractivity contribution in [1.29, 1.82) is 0 Å². The maximum atomic E-state index is 11.8. The van der Waals surface area contributed by atoms with Crippen LogP contribution in [0.3, 0.4) is 0 Å². The van der Waals surface area contributed by atoms with Gasteiger partial charge in [-0.1, -0.05) is 53.5 Å². The number of hydrogen-bond acceptors (Lipinski definition) is 3. The van der Waals surface area contributed by atoms with Crippen molar-refractivity contribution >= 4 is 35.1 Å². The summed E-state index contributed by atoms with van der Waals surface area (Å²) in [6.07, 6.45) is 0. The Kier molecular flexibility index (Phi) is 4.41. The van der Waals surface area contributed by atoms with Crippen LogP contribution >= 0.6 is 23.2 Å². The minimum atomic E-state index is -1.89. The highest BCUT2D eigenvalue weighted by Gasteiger charge is 2.40. The van der Waals surface area contributed by atoms with Crippen molar-refractivity contribution in [3.8, 4) is 0 Å². The third kappa shape index (κ3) is 3.47. The second-order valence-electron chi connectivity index (χ2n) is 4.87. The minimum absolute atomic E-state index is 0.361. The van der Waals surface area contributed by atoms with Gasteiger partial charge in [-0.3, -0.25) is 4.79 Å². The molecule has 0 saturated heterocycles. The number of hydrogen-bond donors (Lipinski definition) is 0. The van der Waals surface area contributed by atoms with Crippen molar-refractivity contribution in [2.75, 3.05) is 0 Å². The maximum absolute atomic E-state index is 11.8. The van der Waals surface area contributed by atoms with Crippen molar-refractivity contribution in [3.05, 3.63) is 35.9 Å². The molecule has 18 heavy (non-hydrogen) atoms. The predicted molar refractivity (Wildman–Crippen MR) is 70.4 cm³/mol.